The zero-order valence-electron chi connectivity index (χ0n) is 12.1. The first kappa shape index (κ1) is 14.2. The molecule has 1 nitrogen and oxygen atoms in total. The molecule has 1 aromatic rings. The van der Waals surface area contributed by atoms with Gasteiger partial charge < -0.3 is 5.32 Å². The summed E-state index contributed by atoms with van der Waals surface area (Å²) in [7, 11) is 0. The maximum atomic E-state index is 6.26. The molecular formula is C18H24ClN. The SMILES string of the molecule is Clc1ccccc1C1CC(NCCC2=CCCCC2)C1. The summed E-state index contributed by atoms with van der Waals surface area (Å²) in [6.07, 6.45) is 11.6. The smallest absolute Gasteiger partial charge is 0.0440 e. The quantitative estimate of drug-likeness (QED) is 0.747. The van der Waals surface area contributed by atoms with Crippen molar-refractivity contribution >= 4 is 11.6 Å². The maximum absolute atomic E-state index is 6.26. The molecule has 1 aromatic carbocycles. The lowest BCUT2D eigenvalue weighted by molar-refractivity contribution is 0.292. The van der Waals surface area contributed by atoms with E-state index in [2.05, 4.69) is 23.5 Å². The van der Waals surface area contributed by atoms with Crippen molar-refractivity contribution in [3.05, 3.63) is 46.5 Å². The fourth-order valence-electron chi connectivity index (χ4n) is 3.41. The molecule has 0 amide bonds. The lowest BCUT2D eigenvalue weighted by Crippen LogP contribution is -2.40. The number of rotatable bonds is 5. The van der Waals surface area contributed by atoms with Gasteiger partial charge in [-0.1, -0.05) is 41.4 Å². The Labute approximate surface area is 127 Å². The first-order chi connectivity index (χ1) is 9.83. The highest BCUT2D eigenvalue weighted by Gasteiger charge is 2.30. The highest BCUT2D eigenvalue weighted by molar-refractivity contribution is 6.31. The predicted octanol–water partition coefficient (Wildman–Crippen LogP) is 5.07. The van der Waals surface area contributed by atoms with E-state index in [0.717, 1.165) is 11.6 Å². The molecule has 108 valence electrons. The van der Waals surface area contributed by atoms with E-state index in [0.29, 0.717) is 12.0 Å². The molecule has 3 rings (SSSR count). The van der Waals surface area contributed by atoms with Gasteiger partial charge in [-0.15, -0.1) is 0 Å². The summed E-state index contributed by atoms with van der Waals surface area (Å²) in [5.74, 6) is 0.662. The molecule has 20 heavy (non-hydrogen) atoms. The number of hydrogen-bond donors (Lipinski definition) is 1. The molecule has 0 aromatic heterocycles. The van der Waals surface area contributed by atoms with Gasteiger partial charge in [0.2, 0.25) is 0 Å². The Morgan fingerprint density at radius 1 is 1.15 bits per heavy atom. The second-order valence-electron chi connectivity index (χ2n) is 6.20. The summed E-state index contributed by atoms with van der Waals surface area (Å²) in [5, 5.41) is 4.64. The molecule has 2 aliphatic rings. The van der Waals surface area contributed by atoms with Crippen molar-refractivity contribution in [1.82, 2.24) is 5.32 Å². The fourth-order valence-corrected chi connectivity index (χ4v) is 3.70. The van der Waals surface area contributed by atoms with Gasteiger partial charge in [0.05, 0.1) is 0 Å². The van der Waals surface area contributed by atoms with Gasteiger partial charge in [-0.05, 0) is 69.0 Å². The Kier molecular flexibility index (Phi) is 4.80. The van der Waals surface area contributed by atoms with Crippen molar-refractivity contribution in [2.24, 2.45) is 0 Å². The van der Waals surface area contributed by atoms with Crippen molar-refractivity contribution in [2.45, 2.75) is 56.9 Å². The van der Waals surface area contributed by atoms with Gasteiger partial charge in [-0.2, -0.15) is 0 Å². The standard InChI is InChI=1S/C18H24ClN/c19-18-9-5-4-8-17(18)15-12-16(13-15)20-11-10-14-6-2-1-3-7-14/h4-6,8-9,15-16,20H,1-3,7,10-13H2. The minimum Gasteiger partial charge on any atom is -0.314 e. The van der Waals surface area contributed by atoms with E-state index in [1.54, 1.807) is 5.57 Å². The van der Waals surface area contributed by atoms with E-state index >= 15 is 0 Å². The van der Waals surface area contributed by atoms with Crippen molar-refractivity contribution in [3.63, 3.8) is 0 Å². The first-order valence-corrected chi connectivity index (χ1v) is 8.36. The average Bonchev–Trinajstić information content (AvgIpc) is 2.44. The molecule has 1 N–H and O–H groups in total. The maximum Gasteiger partial charge on any atom is 0.0440 e. The van der Waals surface area contributed by atoms with Crippen LogP contribution in [0.4, 0.5) is 0 Å². The van der Waals surface area contributed by atoms with Crippen LogP contribution in [0.25, 0.3) is 0 Å². The number of halogens is 1. The van der Waals surface area contributed by atoms with Crippen molar-refractivity contribution in [3.8, 4) is 0 Å². The summed E-state index contributed by atoms with van der Waals surface area (Å²) in [6.45, 7) is 1.14. The molecule has 0 bridgehead atoms. The van der Waals surface area contributed by atoms with Crippen LogP contribution in [0.2, 0.25) is 5.02 Å². The predicted molar refractivity (Wildman–Crippen MR) is 86.4 cm³/mol. The van der Waals surface area contributed by atoms with E-state index in [-0.39, 0.29) is 0 Å². The van der Waals surface area contributed by atoms with E-state index in [1.165, 1.54) is 50.5 Å². The second kappa shape index (κ2) is 6.78. The molecule has 0 atom stereocenters. The van der Waals surface area contributed by atoms with E-state index in [9.17, 15) is 0 Å². The van der Waals surface area contributed by atoms with Crippen LogP contribution in [0.1, 0.15) is 56.4 Å². The summed E-state index contributed by atoms with van der Waals surface area (Å²) < 4.78 is 0. The van der Waals surface area contributed by atoms with Gasteiger partial charge in [-0.25, -0.2) is 0 Å². The molecule has 2 heteroatoms. The third-order valence-corrected chi connectivity index (χ3v) is 5.09. The van der Waals surface area contributed by atoms with Gasteiger partial charge in [0, 0.05) is 11.1 Å². The molecule has 0 aliphatic heterocycles. The molecule has 0 heterocycles. The van der Waals surface area contributed by atoms with E-state index in [4.69, 9.17) is 11.6 Å². The van der Waals surface area contributed by atoms with Crippen LogP contribution in [0.3, 0.4) is 0 Å². The van der Waals surface area contributed by atoms with Gasteiger partial charge >= 0.3 is 0 Å². The first-order valence-electron chi connectivity index (χ1n) is 7.98. The lowest BCUT2D eigenvalue weighted by atomic mass is 9.76. The van der Waals surface area contributed by atoms with Crippen molar-refractivity contribution in [2.75, 3.05) is 6.54 Å². The third-order valence-electron chi connectivity index (χ3n) is 4.75. The van der Waals surface area contributed by atoms with Crippen LogP contribution < -0.4 is 5.32 Å². The van der Waals surface area contributed by atoms with Crippen LogP contribution in [-0.4, -0.2) is 12.6 Å². The van der Waals surface area contributed by atoms with Gasteiger partial charge in [0.15, 0.2) is 0 Å². The molecule has 0 radical (unpaired) electrons. The zero-order valence-corrected chi connectivity index (χ0v) is 12.8. The Morgan fingerprint density at radius 3 is 2.75 bits per heavy atom. The Bertz CT molecular complexity index is 474. The monoisotopic (exact) mass is 289 g/mol. The van der Waals surface area contributed by atoms with Crippen LogP contribution in [0.15, 0.2) is 35.9 Å². The van der Waals surface area contributed by atoms with Gasteiger partial charge in [0.25, 0.3) is 0 Å². The molecule has 0 spiro atoms. The lowest BCUT2D eigenvalue weighted by Gasteiger charge is -2.37. The molecular weight excluding hydrogens is 266 g/mol. The fraction of sp³-hybridized carbons (Fsp3) is 0.556. The molecule has 1 fully saturated rings. The highest BCUT2D eigenvalue weighted by Crippen LogP contribution is 2.39. The minimum absolute atomic E-state index is 0.662. The number of allylic oxidation sites excluding steroid dienone is 1. The zero-order chi connectivity index (χ0) is 13.8. The number of hydrogen-bond acceptors (Lipinski definition) is 1. The van der Waals surface area contributed by atoms with E-state index < -0.39 is 0 Å². The Balaban J connectivity index is 1.38. The topological polar surface area (TPSA) is 12.0 Å². The van der Waals surface area contributed by atoms with Crippen molar-refractivity contribution < 1.29 is 0 Å². The van der Waals surface area contributed by atoms with Gasteiger partial charge in [-0.3, -0.25) is 0 Å². The molecule has 1 saturated carbocycles. The average molecular weight is 290 g/mol. The van der Waals surface area contributed by atoms with Crippen LogP contribution in [0, 0.1) is 0 Å². The van der Waals surface area contributed by atoms with Crippen molar-refractivity contribution in [1.29, 1.82) is 0 Å². The summed E-state index contributed by atoms with van der Waals surface area (Å²) in [5.41, 5.74) is 3.01. The number of benzene rings is 1. The second-order valence-corrected chi connectivity index (χ2v) is 6.61. The van der Waals surface area contributed by atoms with Gasteiger partial charge in [0.1, 0.15) is 0 Å². The third kappa shape index (κ3) is 3.45. The normalized spacial score (nSPS) is 25.9. The van der Waals surface area contributed by atoms with Crippen LogP contribution in [-0.2, 0) is 0 Å². The van der Waals surface area contributed by atoms with E-state index in [1.807, 2.05) is 12.1 Å². The number of nitrogens with one attached hydrogen (secondary N) is 1. The summed E-state index contributed by atoms with van der Waals surface area (Å²) in [6, 6.07) is 8.99. The summed E-state index contributed by atoms with van der Waals surface area (Å²) >= 11 is 6.26. The van der Waals surface area contributed by atoms with Crippen LogP contribution >= 0.6 is 11.6 Å². The summed E-state index contributed by atoms with van der Waals surface area (Å²) in [4.78, 5) is 0. The van der Waals surface area contributed by atoms with Crippen LogP contribution in [0.5, 0.6) is 0 Å². The Morgan fingerprint density at radius 2 is 2.00 bits per heavy atom. The minimum atomic E-state index is 0.662. The highest BCUT2D eigenvalue weighted by atomic mass is 35.5. The largest absolute Gasteiger partial charge is 0.314 e. The molecule has 0 unspecified atom stereocenters. The molecule has 0 saturated heterocycles. The molecule has 2 aliphatic carbocycles. The Hall–Kier alpha value is -0.790.